The zero-order chi connectivity index (χ0) is 18.5. The molecule has 6 heteroatoms. The zero-order valence-electron chi connectivity index (χ0n) is 14.5. The van der Waals surface area contributed by atoms with E-state index in [1.807, 2.05) is 18.2 Å². The van der Waals surface area contributed by atoms with Gasteiger partial charge in [0.25, 0.3) is 0 Å². The number of hydrogen-bond acceptors (Lipinski definition) is 5. The number of carbonyl (C=O) groups excluding carboxylic acids is 2. The second kappa shape index (κ2) is 7.70. The molecule has 1 aliphatic rings. The van der Waals surface area contributed by atoms with Crippen LogP contribution in [0.3, 0.4) is 0 Å². The Balaban J connectivity index is 1.58. The quantitative estimate of drug-likeness (QED) is 0.617. The Labute approximate surface area is 151 Å². The Hall–Kier alpha value is -3.33. The fourth-order valence-corrected chi connectivity index (χ4v) is 2.81. The summed E-state index contributed by atoms with van der Waals surface area (Å²) in [7, 11) is 0. The molecule has 1 aliphatic heterocycles. The summed E-state index contributed by atoms with van der Waals surface area (Å²) in [6.07, 6.45) is 1.20. The Morgan fingerprint density at radius 1 is 1.27 bits per heavy atom. The summed E-state index contributed by atoms with van der Waals surface area (Å²) < 4.78 is 5.75. The average Bonchev–Trinajstić information content (AvgIpc) is 2.65. The Kier molecular flexibility index (Phi) is 5.18. The molecule has 0 aliphatic carbocycles. The first-order valence-electron chi connectivity index (χ1n) is 8.41. The van der Waals surface area contributed by atoms with Gasteiger partial charge in [-0.25, -0.2) is 0 Å². The van der Waals surface area contributed by atoms with E-state index in [1.165, 1.54) is 6.92 Å². The van der Waals surface area contributed by atoms with E-state index in [1.54, 1.807) is 18.2 Å². The number of ketones is 1. The molecule has 132 valence electrons. The number of nitrogens with zero attached hydrogens (tertiary/aromatic N) is 1. The molecule has 0 unspecified atom stereocenters. The van der Waals surface area contributed by atoms with Crippen LogP contribution in [0.4, 0.5) is 11.4 Å². The molecule has 3 rings (SSSR count). The lowest BCUT2D eigenvalue weighted by molar-refractivity contribution is -0.116. The predicted octanol–water partition coefficient (Wildman–Crippen LogP) is 3.14. The van der Waals surface area contributed by atoms with Crippen molar-refractivity contribution in [2.75, 3.05) is 23.8 Å². The van der Waals surface area contributed by atoms with Gasteiger partial charge in [-0.05, 0) is 55.3 Å². The number of carbonyl (C=O) groups is 2. The lowest BCUT2D eigenvalue weighted by Gasteiger charge is -2.18. The van der Waals surface area contributed by atoms with Gasteiger partial charge in [0.1, 0.15) is 18.4 Å². The van der Waals surface area contributed by atoms with E-state index < -0.39 is 0 Å². The summed E-state index contributed by atoms with van der Waals surface area (Å²) in [5, 5.41) is 15.2. The number of Topliss-reactive ketones (excluding diaryl/α,β-unsaturated/α-hetero) is 1. The first kappa shape index (κ1) is 17.5. The van der Waals surface area contributed by atoms with Gasteiger partial charge in [-0.3, -0.25) is 9.59 Å². The number of anilines is 2. The van der Waals surface area contributed by atoms with Crippen LogP contribution in [0, 0.1) is 11.3 Å². The molecule has 0 spiro atoms. The molecule has 26 heavy (non-hydrogen) atoms. The molecule has 6 nitrogen and oxygen atoms in total. The molecule has 1 amide bonds. The third-order valence-corrected chi connectivity index (χ3v) is 4.20. The fourth-order valence-electron chi connectivity index (χ4n) is 2.81. The van der Waals surface area contributed by atoms with E-state index in [2.05, 4.69) is 16.7 Å². The third kappa shape index (κ3) is 4.01. The van der Waals surface area contributed by atoms with E-state index in [-0.39, 0.29) is 11.7 Å². The molecule has 0 atom stereocenters. The van der Waals surface area contributed by atoms with Gasteiger partial charge in [-0.15, -0.1) is 0 Å². The standard InChI is InChI=1S/C20H19N3O3/c1-13(24)14-2-3-16(12-21)19(11-14)22-8-9-26-17-5-6-18-15(10-17)4-7-20(25)23-18/h2-3,5-6,10-11,22H,4,7-9H2,1H3,(H,23,25). The second-order valence-electron chi connectivity index (χ2n) is 6.07. The number of amides is 1. The van der Waals surface area contributed by atoms with Gasteiger partial charge in [-0.1, -0.05) is 0 Å². The van der Waals surface area contributed by atoms with Crippen LogP contribution in [0.1, 0.15) is 34.8 Å². The smallest absolute Gasteiger partial charge is 0.224 e. The maximum absolute atomic E-state index is 11.5. The topological polar surface area (TPSA) is 91.2 Å². The molecule has 0 saturated carbocycles. The summed E-state index contributed by atoms with van der Waals surface area (Å²) in [6.45, 7) is 2.39. The Morgan fingerprint density at radius 3 is 2.88 bits per heavy atom. The first-order valence-corrected chi connectivity index (χ1v) is 8.41. The van der Waals surface area contributed by atoms with E-state index in [4.69, 9.17) is 4.74 Å². The number of nitrogens with one attached hydrogen (secondary N) is 2. The van der Waals surface area contributed by atoms with Crippen molar-refractivity contribution >= 4 is 23.1 Å². The van der Waals surface area contributed by atoms with Crippen molar-refractivity contribution in [2.45, 2.75) is 19.8 Å². The van der Waals surface area contributed by atoms with E-state index in [0.29, 0.717) is 42.8 Å². The van der Waals surface area contributed by atoms with Gasteiger partial charge < -0.3 is 15.4 Å². The highest BCUT2D eigenvalue weighted by molar-refractivity contribution is 5.95. The Bertz CT molecular complexity index is 900. The van der Waals surface area contributed by atoms with Crippen molar-refractivity contribution in [1.29, 1.82) is 5.26 Å². The molecule has 0 aromatic heterocycles. The van der Waals surface area contributed by atoms with Crippen LogP contribution in [0.5, 0.6) is 5.75 Å². The molecule has 0 radical (unpaired) electrons. The normalized spacial score (nSPS) is 12.5. The third-order valence-electron chi connectivity index (χ3n) is 4.20. The monoisotopic (exact) mass is 349 g/mol. The van der Waals surface area contributed by atoms with Crippen molar-refractivity contribution in [1.82, 2.24) is 0 Å². The lowest BCUT2D eigenvalue weighted by atomic mass is 10.0. The van der Waals surface area contributed by atoms with Gasteiger partial charge in [0.2, 0.25) is 5.91 Å². The van der Waals surface area contributed by atoms with Gasteiger partial charge in [0.05, 0.1) is 11.3 Å². The maximum Gasteiger partial charge on any atom is 0.224 e. The zero-order valence-corrected chi connectivity index (χ0v) is 14.5. The van der Waals surface area contributed by atoms with Crippen LogP contribution in [0.25, 0.3) is 0 Å². The number of aryl methyl sites for hydroxylation is 1. The summed E-state index contributed by atoms with van der Waals surface area (Å²) in [4.78, 5) is 22.9. The minimum Gasteiger partial charge on any atom is -0.492 e. The van der Waals surface area contributed by atoms with Gasteiger partial charge in [0.15, 0.2) is 5.78 Å². The molecular weight excluding hydrogens is 330 g/mol. The number of rotatable bonds is 6. The first-order chi connectivity index (χ1) is 12.6. The SMILES string of the molecule is CC(=O)c1ccc(C#N)c(NCCOc2ccc3c(c2)CCC(=O)N3)c1. The van der Waals surface area contributed by atoms with Crippen molar-refractivity contribution < 1.29 is 14.3 Å². The minimum absolute atomic E-state index is 0.0384. The Morgan fingerprint density at radius 2 is 2.12 bits per heavy atom. The van der Waals surface area contributed by atoms with Crippen LogP contribution in [0.15, 0.2) is 36.4 Å². The molecule has 0 bridgehead atoms. The van der Waals surface area contributed by atoms with Gasteiger partial charge in [0, 0.05) is 24.2 Å². The van der Waals surface area contributed by atoms with E-state index in [0.717, 1.165) is 17.0 Å². The molecule has 0 fully saturated rings. The van der Waals surface area contributed by atoms with Crippen LogP contribution >= 0.6 is 0 Å². The summed E-state index contributed by atoms with van der Waals surface area (Å²) >= 11 is 0. The largest absolute Gasteiger partial charge is 0.492 e. The number of fused-ring (bicyclic) bond motifs is 1. The highest BCUT2D eigenvalue weighted by atomic mass is 16.5. The maximum atomic E-state index is 11.5. The fraction of sp³-hybridized carbons (Fsp3) is 0.250. The number of benzene rings is 2. The van der Waals surface area contributed by atoms with Crippen LogP contribution in [-0.2, 0) is 11.2 Å². The van der Waals surface area contributed by atoms with Crippen molar-refractivity contribution in [3.8, 4) is 11.8 Å². The van der Waals surface area contributed by atoms with E-state index in [9.17, 15) is 14.9 Å². The molecule has 0 saturated heterocycles. The highest BCUT2D eigenvalue weighted by Crippen LogP contribution is 2.26. The predicted molar refractivity (Wildman–Crippen MR) is 98.5 cm³/mol. The average molecular weight is 349 g/mol. The molecular formula is C20H19N3O3. The lowest BCUT2D eigenvalue weighted by Crippen LogP contribution is -2.19. The van der Waals surface area contributed by atoms with Crippen molar-refractivity contribution in [3.63, 3.8) is 0 Å². The van der Waals surface area contributed by atoms with Crippen molar-refractivity contribution in [3.05, 3.63) is 53.1 Å². The van der Waals surface area contributed by atoms with E-state index >= 15 is 0 Å². The number of nitriles is 1. The number of ether oxygens (including phenoxy) is 1. The molecule has 1 heterocycles. The second-order valence-corrected chi connectivity index (χ2v) is 6.07. The van der Waals surface area contributed by atoms with Crippen LogP contribution in [0.2, 0.25) is 0 Å². The van der Waals surface area contributed by atoms with Gasteiger partial charge in [-0.2, -0.15) is 5.26 Å². The molecule has 2 aromatic rings. The molecule has 2 N–H and O–H groups in total. The molecule has 2 aromatic carbocycles. The summed E-state index contributed by atoms with van der Waals surface area (Å²) in [6, 6.07) is 12.7. The van der Waals surface area contributed by atoms with Gasteiger partial charge >= 0.3 is 0 Å². The minimum atomic E-state index is -0.0464. The summed E-state index contributed by atoms with van der Waals surface area (Å²) in [5.74, 6) is 0.728. The van der Waals surface area contributed by atoms with Crippen LogP contribution in [-0.4, -0.2) is 24.8 Å². The number of hydrogen-bond donors (Lipinski definition) is 2. The van der Waals surface area contributed by atoms with Crippen molar-refractivity contribution in [2.24, 2.45) is 0 Å². The van der Waals surface area contributed by atoms with Crippen LogP contribution < -0.4 is 15.4 Å². The highest BCUT2D eigenvalue weighted by Gasteiger charge is 2.15. The summed E-state index contributed by atoms with van der Waals surface area (Å²) in [5.41, 5.74) is 3.57.